The van der Waals surface area contributed by atoms with Crippen LogP contribution >= 0.6 is 0 Å². The normalized spacial score (nSPS) is 16.5. The SMILES string of the molecule is Cc1cc(/C=N\NC(=O)[C@H]2COc3ccccc3O2)c(C)n1-c1ccc2c(c1)OCO2. The summed E-state index contributed by atoms with van der Waals surface area (Å²) in [5.41, 5.74) is 6.42. The molecule has 1 amide bonds. The average molecular weight is 419 g/mol. The molecule has 1 atom stereocenters. The minimum atomic E-state index is -0.756. The van der Waals surface area contributed by atoms with Gasteiger partial charge in [-0.3, -0.25) is 4.79 Å². The van der Waals surface area contributed by atoms with Gasteiger partial charge in [0.1, 0.15) is 6.61 Å². The smallest absolute Gasteiger partial charge is 0.284 e. The van der Waals surface area contributed by atoms with E-state index in [-0.39, 0.29) is 19.3 Å². The molecule has 3 heterocycles. The number of rotatable bonds is 4. The van der Waals surface area contributed by atoms with E-state index in [1.165, 1.54) is 0 Å². The number of hydrogen-bond acceptors (Lipinski definition) is 6. The van der Waals surface area contributed by atoms with Gasteiger partial charge in [-0.25, -0.2) is 5.43 Å². The Morgan fingerprint density at radius 2 is 1.81 bits per heavy atom. The van der Waals surface area contributed by atoms with Crippen LogP contribution < -0.4 is 24.4 Å². The highest BCUT2D eigenvalue weighted by Crippen LogP contribution is 2.35. The van der Waals surface area contributed by atoms with Crippen LogP contribution in [0.4, 0.5) is 0 Å². The van der Waals surface area contributed by atoms with Gasteiger partial charge in [0.2, 0.25) is 12.9 Å². The van der Waals surface area contributed by atoms with Crippen LogP contribution in [0, 0.1) is 13.8 Å². The molecule has 1 aromatic heterocycles. The molecule has 0 aliphatic carbocycles. The lowest BCUT2D eigenvalue weighted by Crippen LogP contribution is -2.42. The fraction of sp³-hybridized carbons (Fsp3) is 0.217. The van der Waals surface area contributed by atoms with Crippen molar-refractivity contribution in [2.45, 2.75) is 20.0 Å². The molecular formula is C23H21N3O5. The van der Waals surface area contributed by atoms with Crippen LogP contribution in [-0.4, -0.2) is 36.2 Å². The predicted octanol–water partition coefficient (Wildman–Crippen LogP) is 3.11. The van der Waals surface area contributed by atoms with Crippen molar-refractivity contribution in [3.8, 4) is 28.7 Å². The van der Waals surface area contributed by atoms with Crippen molar-refractivity contribution in [3.05, 3.63) is 65.5 Å². The fourth-order valence-corrected chi connectivity index (χ4v) is 3.73. The Bertz CT molecular complexity index is 1180. The standard InChI is InChI=1S/C23H21N3O5/c1-14-9-16(15(2)26(14)17-7-8-19-21(10-17)30-13-29-19)11-24-25-23(27)22-12-28-18-5-3-4-6-20(18)31-22/h3-11,22H,12-13H2,1-2H3,(H,25,27)/b24-11-/t22-/m1/s1. The van der Waals surface area contributed by atoms with Crippen LogP contribution in [0.5, 0.6) is 23.0 Å². The number of carbonyl (C=O) groups is 1. The van der Waals surface area contributed by atoms with E-state index in [0.29, 0.717) is 11.5 Å². The summed E-state index contributed by atoms with van der Waals surface area (Å²) in [6.07, 6.45) is 0.870. The van der Waals surface area contributed by atoms with E-state index in [4.69, 9.17) is 18.9 Å². The first-order chi connectivity index (χ1) is 15.1. The molecule has 0 saturated carbocycles. The first-order valence-corrected chi connectivity index (χ1v) is 9.90. The van der Waals surface area contributed by atoms with E-state index >= 15 is 0 Å². The molecule has 0 spiro atoms. The van der Waals surface area contributed by atoms with Crippen molar-refractivity contribution in [1.82, 2.24) is 9.99 Å². The van der Waals surface area contributed by atoms with Crippen LogP contribution in [0.3, 0.4) is 0 Å². The lowest BCUT2D eigenvalue weighted by Gasteiger charge is -2.24. The van der Waals surface area contributed by atoms with Crippen molar-refractivity contribution >= 4 is 12.1 Å². The molecule has 0 fully saturated rings. The van der Waals surface area contributed by atoms with Crippen molar-refractivity contribution in [1.29, 1.82) is 0 Å². The van der Waals surface area contributed by atoms with Crippen molar-refractivity contribution in [2.75, 3.05) is 13.4 Å². The van der Waals surface area contributed by atoms with Crippen molar-refractivity contribution in [3.63, 3.8) is 0 Å². The van der Waals surface area contributed by atoms with Gasteiger partial charge in [0.15, 0.2) is 23.0 Å². The summed E-state index contributed by atoms with van der Waals surface area (Å²) < 4.78 is 24.3. The molecule has 8 heteroatoms. The first kappa shape index (κ1) is 19.0. The maximum absolute atomic E-state index is 12.4. The van der Waals surface area contributed by atoms with Gasteiger partial charge < -0.3 is 23.5 Å². The second kappa shape index (κ2) is 7.71. The lowest BCUT2D eigenvalue weighted by atomic mass is 10.2. The molecule has 0 bridgehead atoms. The summed E-state index contributed by atoms with van der Waals surface area (Å²) in [5.74, 6) is 2.28. The van der Waals surface area contributed by atoms with Crippen LogP contribution in [0.2, 0.25) is 0 Å². The highest BCUT2D eigenvalue weighted by molar-refractivity contribution is 5.86. The predicted molar refractivity (Wildman–Crippen MR) is 113 cm³/mol. The number of aromatic nitrogens is 1. The highest BCUT2D eigenvalue weighted by atomic mass is 16.7. The molecular weight excluding hydrogens is 398 g/mol. The molecule has 31 heavy (non-hydrogen) atoms. The van der Waals surface area contributed by atoms with E-state index < -0.39 is 6.10 Å². The quantitative estimate of drug-likeness (QED) is 0.519. The number of ether oxygens (including phenoxy) is 4. The number of amides is 1. The summed E-state index contributed by atoms with van der Waals surface area (Å²) in [7, 11) is 0. The Hall–Kier alpha value is -3.94. The number of fused-ring (bicyclic) bond motifs is 2. The maximum Gasteiger partial charge on any atom is 0.284 e. The Morgan fingerprint density at radius 1 is 1.03 bits per heavy atom. The third-order valence-electron chi connectivity index (χ3n) is 5.26. The number of nitrogens with one attached hydrogen (secondary N) is 1. The maximum atomic E-state index is 12.4. The Balaban J connectivity index is 1.29. The van der Waals surface area contributed by atoms with Crippen LogP contribution in [-0.2, 0) is 4.79 Å². The monoisotopic (exact) mass is 419 g/mol. The van der Waals surface area contributed by atoms with Gasteiger partial charge in [-0.05, 0) is 44.2 Å². The molecule has 2 aromatic carbocycles. The number of para-hydroxylation sites is 2. The van der Waals surface area contributed by atoms with Crippen LogP contribution in [0.25, 0.3) is 5.69 Å². The van der Waals surface area contributed by atoms with Gasteiger partial charge in [-0.15, -0.1) is 0 Å². The van der Waals surface area contributed by atoms with Gasteiger partial charge in [0.05, 0.1) is 6.21 Å². The van der Waals surface area contributed by atoms with Crippen LogP contribution in [0.15, 0.2) is 53.6 Å². The fourth-order valence-electron chi connectivity index (χ4n) is 3.73. The van der Waals surface area contributed by atoms with Gasteiger partial charge in [0, 0.05) is 28.7 Å². The molecule has 0 unspecified atom stereocenters. The minimum absolute atomic E-state index is 0.136. The molecule has 158 valence electrons. The first-order valence-electron chi connectivity index (χ1n) is 9.90. The second-order valence-corrected chi connectivity index (χ2v) is 7.30. The summed E-state index contributed by atoms with van der Waals surface area (Å²) in [6.45, 7) is 4.38. The third-order valence-corrected chi connectivity index (χ3v) is 5.26. The molecule has 0 saturated heterocycles. The van der Waals surface area contributed by atoms with E-state index in [2.05, 4.69) is 15.1 Å². The summed E-state index contributed by atoms with van der Waals surface area (Å²) >= 11 is 0. The molecule has 8 nitrogen and oxygen atoms in total. The number of hydrazone groups is 1. The average Bonchev–Trinajstić information content (AvgIpc) is 3.36. The summed E-state index contributed by atoms with van der Waals surface area (Å²) in [4.78, 5) is 12.4. The lowest BCUT2D eigenvalue weighted by molar-refractivity contribution is -0.130. The van der Waals surface area contributed by atoms with Crippen LogP contribution in [0.1, 0.15) is 17.0 Å². The number of benzene rings is 2. The van der Waals surface area contributed by atoms with E-state index in [9.17, 15) is 4.79 Å². The van der Waals surface area contributed by atoms with Gasteiger partial charge in [-0.1, -0.05) is 12.1 Å². The van der Waals surface area contributed by atoms with Crippen molar-refractivity contribution in [2.24, 2.45) is 5.10 Å². The molecule has 2 aliphatic heterocycles. The summed E-state index contributed by atoms with van der Waals surface area (Å²) in [5, 5.41) is 4.12. The second-order valence-electron chi connectivity index (χ2n) is 7.30. The molecule has 1 N–H and O–H groups in total. The molecule has 0 radical (unpaired) electrons. The number of carbonyl (C=O) groups excluding carboxylic acids is 1. The molecule has 3 aromatic rings. The molecule has 5 rings (SSSR count). The van der Waals surface area contributed by atoms with E-state index in [0.717, 1.165) is 34.1 Å². The molecule has 2 aliphatic rings. The zero-order valence-corrected chi connectivity index (χ0v) is 17.1. The minimum Gasteiger partial charge on any atom is -0.485 e. The van der Waals surface area contributed by atoms with Gasteiger partial charge >= 0.3 is 0 Å². The summed E-state index contributed by atoms with van der Waals surface area (Å²) in [6, 6.07) is 15.1. The number of hydrogen-bond donors (Lipinski definition) is 1. The number of nitrogens with zero attached hydrogens (tertiary/aromatic N) is 2. The highest BCUT2D eigenvalue weighted by Gasteiger charge is 2.27. The third kappa shape index (κ3) is 3.56. The zero-order valence-electron chi connectivity index (χ0n) is 17.1. The van der Waals surface area contributed by atoms with Gasteiger partial charge in [0.25, 0.3) is 5.91 Å². The zero-order chi connectivity index (χ0) is 21.4. The van der Waals surface area contributed by atoms with E-state index in [1.807, 2.05) is 50.2 Å². The Labute approximate surface area is 179 Å². The Morgan fingerprint density at radius 3 is 2.68 bits per heavy atom. The van der Waals surface area contributed by atoms with Crippen molar-refractivity contribution < 1.29 is 23.7 Å². The topological polar surface area (TPSA) is 83.3 Å². The largest absolute Gasteiger partial charge is 0.485 e. The number of aryl methyl sites for hydroxylation is 1. The van der Waals surface area contributed by atoms with Gasteiger partial charge in [-0.2, -0.15) is 5.10 Å². The van der Waals surface area contributed by atoms with E-state index in [1.54, 1.807) is 18.3 Å². The Kier molecular flexibility index (Phi) is 4.74.